The van der Waals surface area contributed by atoms with Crippen molar-refractivity contribution in [1.29, 1.82) is 0 Å². The highest BCUT2D eigenvalue weighted by Crippen LogP contribution is 2.22. The van der Waals surface area contributed by atoms with Crippen molar-refractivity contribution in [2.45, 2.75) is 51.8 Å². The summed E-state index contributed by atoms with van der Waals surface area (Å²) in [6, 6.07) is 3.77. The van der Waals surface area contributed by atoms with E-state index in [9.17, 15) is 14.7 Å². The van der Waals surface area contributed by atoms with Crippen LogP contribution >= 0.6 is 9.39 Å². The molecule has 0 aliphatic carbocycles. The molecule has 0 aliphatic heterocycles. The van der Waals surface area contributed by atoms with Gasteiger partial charge in [-0.05, 0) is 53.2 Å². The summed E-state index contributed by atoms with van der Waals surface area (Å²) >= 11 is 0. The first-order valence-corrected chi connectivity index (χ1v) is 9.69. The van der Waals surface area contributed by atoms with E-state index in [0.717, 1.165) is 6.42 Å². The van der Waals surface area contributed by atoms with Crippen LogP contribution < -0.4 is 27.2 Å². The Morgan fingerprint density at radius 1 is 1.22 bits per heavy atom. The van der Waals surface area contributed by atoms with Gasteiger partial charge in [-0.25, -0.2) is 0 Å². The summed E-state index contributed by atoms with van der Waals surface area (Å²) in [5.41, 5.74) is 13.4. The van der Waals surface area contributed by atoms with Crippen molar-refractivity contribution >= 4 is 32.6 Å². The molecule has 0 heterocycles. The average Bonchev–Trinajstić information content (AvgIpc) is 2.66. The van der Waals surface area contributed by atoms with E-state index < -0.39 is 12.1 Å². The van der Waals surface area contributed by atoms with Gasteiger partial charge in [0.25, 0.3) is 0 Å². The Morgan fingerprint density at radius 3 is 2.48 bits per heavy atom. The number of aliphatic hydroxyl groups excluding tert-OH is 1. The van der Waals surface area contributed by atoms with Crippen LogP contribution in [0, 0.1) is 5.92 Å². The first kappa shape index (κ1) is 23.3. The normalized spacial score (nSPS) is 13.1. The molecule has 0 fully saturated rings. The lowest BCUT2D eigenvalue weighted by molar-refractivity contribution is -0.128. The molecule has 0 radical (unpaired) electrons. The molecule has 9 heteroatoms. The van der Waals surface area contributed by atoms with Crippen LogP contribution in [0.25, 0.3) is 0 Å². The molecule has 0 aliphatic rings. The summed E-state index contributed by atoms with van der Waals surface area (Å²) in [5.74, 6) is -0.692. The van der Waals surface area contributed by atoms with Crippen molar-refractivity contribution in [2.24, 2.45) is 17.4 Å². The van der Waals surface area contributed by atoms with Crippen molar-refractivity contribution in [1.82, 2.24) is 5.32 Å². The van der Waals surface area contributed by atoms with Gasteiger partial charge >= 0.3 is 0 Å². The summed E-state index contributed by atoms with van der Waals surface area (Å²) in [4.78, 5) is 25.0. The van der Waals surface area contributed by atoms with Crippen molar-refractivity contribution in [2.75, 3.05) is 16.9 Å². The summed E-state index contributed by atoms with van der Waals surface area (Å²) in [6.07, 6.45) is 1.96. The molecule has 0 spiro atoms. The lowest BCUT2D eigenvalue weighted by atomic mass is 10.0. The van der Waals surface area contributed by atoms with E-state index in [-0.39, 0.29) is 24.3 Å². The van der Waals surface area contributed by atoms with E-state index in [1.54, 1.807) is 18.2 Å². The number of amides is 2. The largest absolute Gasteiger partial charge is 0.392 e. The second kappa shape index (κ2) is 11.9. The number of nitrogens with one attached hydrogen (secondary N) is 3. The van der Waals surface area contributed by atoms with Crippen molar-refractivity contribution in [3.8, 4) is 0 Å². The minimum absolute atomic E-state index is 0.0283. The third-order valence-corrected chi connectivity index (χ3v) is 4.62. The van der Waals surface area contributed by atoms with Gasteiger partial charge in [0.2, 0.25) is 11.8 Å². The molecule has 0 saturated carbocycles. The van der Waals surface area contributed by atoms with E-state index >= 15 is 0 Å². The number of nitrogens with two attached hydrogens (primary N) is 2. The fourth-order valence-electron chi connectivity index (χ4n) is 2.49. The molecule has 8 N–H and O–H groups in total. The van der Waals surface area contributed by atoms with Gasteiger partial charge < -0.3 is 32.3 Å². The van der Waals surface area contributed by atoms with Crippen molar-refractivity contribution in [3.63, 3.8) is 0 Å². The molecule has 1 unspecified atom stereocenters. The quantitative estimate of drug-likeness (QED) is 0.242. The summed E-state index contributed by atoms with van der Waals surface area (Å²) in [6.45, 7) is 4.12. The van der Waals surface area contributed by atoms with Crippen LogP contribution in [0.1, 0.15) is 38.7 Å². The number of unbranched alkanes of at least 4 members (excludes halogenated alkanes) is 1. The van der Waals surface area contributed by atoms with Gasteiger partial charge in [0, 0.05) is 16.9 Å². The van der Waals surface area contributed by atoms with Crippen LogP contribution in [0.15, 0.2) is 18.2 Å². The molecule has 0 saturated heterocycles. The number of aliphatic hydroxyl groups is 1. The third-order valence-electron chi connectivity index (χ3n) is 4.30. The minimum atomic E-state index is -0.696. The zero-order valence-electron chi connectivity index (χ0n) is 16.0. The molecule has 1 aromatic rings. The summed E-state index contributed by atoms with van der Waals surface area (Å²) in [5, 5.41) is 17.8. The topological polar surface area (TPSA) is 142 Å². The Hall–Kier alpha value is -1.73. The van der Waals surface area contributed by atoms with Gasteiger partial charge in [-0.15, -0.1) is 0 Å². The van der Waals surface area contributed by atoms with Gasteiger partial charge in [-0.1, -0.05) is 19.9 Å². The van der Waals surface area contributed by atoms with E-state index in [1.165, 1.54) is 0 Å². The molecule has 0 bridgehead atoms. The molecule has 3 atom stereocenters. The number of anilines is 2. The molecular weight excluding hydrogens is 365 g/mol. The number of hydrogen-bond acceptors (Lipinski definition) is 6. The van der Waals surface area contributed by atoms with Gasteiger partial charge in [-0.2, -0.15) is 0 Å². The lowest BCUT2D eigenvalue weighted by Gasteiger charge is -2.22. The smallest absolute Gasteiger partial charge is 0.246 e. The van der Waals surface area contributed by atoms with Gasteiger partial charge in [0.1, 0.15) is 6.04 Å². The Morgan fingerprint density at radius 2 is 1.93 bits per heavy atom. The lowest BCUT2D eigenvalue weighted by Crippen LogP contribution is -2.51. The highest BCUT2D eigenvalue weighted by molar-refractivity contribution is 7.18. The Balaban J connectivity index is 2.87. The molecule has 27 heavy (non-hydrogen) atoms. The Bertz CT molecular complexity index is 627. The second-order valence-corrected chi connectivity index (χ2v) is 7.07. The SMILES string of the molecule is CC(C)[C@H](N)C(=O)N[C@@H](CCCCN)C(=O)Nc1ccc(CO)c(NP)c1. The maximum atomic E-state index is 12.7. The molecule has 0 aromatic heterocycles. The fraction of sp³-hybridized carbons (Fsp3) is 0.556. The average molecular weight is 397 g/mol. The zero-order valence-corrected chi connectivity index (χ0v) is 17.2. The predicted octanol–water partition coefficient (Wildman–Crippen LogP) is 0.917. The summed E-state index contributed by atoms with van der Waals surface area (Å²) in [7, 11) is 2.36. The molecule has 1 rings (SSSR count). The Kier molecular flexibility index (Phi) is 10.3. The predicted molar refractivity (Wildman–Crippen MR) is 112 cm³/mol. The van der Waals surface area contributed by atoms with Crippen LogP contribution in [0.4, 0.5) is 11.4 Å². The van der Waals surface area contributed by atoms with Crippen molar-refractivity contribution in [3.05, 3.63) is 23.8 Å². The molecule has 1 aromatic carbocycles. The zero-order chi connectivity index (χ0) is 20.4. The number of carbonyl (C=O) groups is 2. The molecule has 152 valence electrons. The van der Waals surface area contributed by atoms with Crippen molar-refractivity contribution < 1.29 is 14.7 Å². The maximum absolute atomic E-state index is 12.7. The van der Waals surface area contributed by atoms with Crippen LogP contribution in [-0.2, 0) is 16.2 Å². The number of benzene rings is 1. The van der Waals surface area contributed by atoms with Crippen LogP contribution in [0.5, 0.6) is 0 Å². The molecule has 2 amide bonds. The van der Waals surface area contributed by atoms with E-state index in [0.29, 0.717) is 36.3 Å². The summed E-state index contributed by atoms with van der Waals surface area (Å²) < 4.78 is 0. The first-order valence-electron chi connectivity index (χ1n) is 9.11. The van der Waals surface area contributed by atoms with E-state index in [4.69, 9.17) is 11.5 Å². The standard InChI is InChI=1S/C18H32N5O3P/c1-11(2)16(20)18(26)22-14(5-3-4-8-19)17(25)21-13-7-6-12(10-24)15(9-13)23-27/h6-7,9,11,14,16,23-24H,3-5,8,10,19-20,27H2,1-2H3,(H,21,25)(H,22,26)/t14-,16-/m0/s1. The number of carbonyl (C=O) groups excluding carboxylic acids is 2. The number of hydrogen-bond donors (Lipinski definition) is 6. The van der Waals surface area contributed by atoms with E-state index in [1.807, 2.05) is 13.8 Å². The molecular formula is C18H32N5O3P. The van der Waals surface area contributed by atoms with Gasteiger partial charge in [-0.3, -0.25) is 9.59 Å². The van der Waals surface area contributed by atoms with Gasteiger partial charge in [0.05, 0.1) is 12.6 Å². The van der Waals surface area contributed by atoms with E-state index in [2.05, 4.69) is 25.1 Å². The van der Waals surface area contributed by atoms with Crippen LogP contribution in [0.3, 0.4) is 0 Å². The third kappa shape index (κ3) is 7.42. The van der Waals surface area contributed by atoms with Crippen LogP contribution in [0.2, 0.25) is 0 Å². The second-order valence-electron chi connectivity index (χ2n) is 6.78. The molecule has 8 nitrogen and oxygen atoms in total. The van der Waals surface area contributed by atoms with Crippen LogP contribution in [-0.4, -0.2) is 35.5 Å². The van der Waals surface area contributed by atoms with Gasteiger partial charge in [0.15, 0.2) is 0 Å². The maximum Gasteiger partial charge on any atom is 0.246 e. The Labute approximate surface area is 163 Å². The highest BCUT2D eigenvalue weighted by atomic mass is 31.0. The fourth-order valence-corrected chi connectivity index (χ4v) is 2.76. The first-order chi connectivity index (χ1) is 12.8. The number of rotatable bonds is 11. The highest BCUT2D eigenvalue weighted by Gasteiger charge is 2.25. The minimum Gasteiger partial charge on any atom is -0.392 e. The monoisotopic (exact) mass is 397 g/mol.